The Morgan fingerprint density at radius 1 is 1.50 bits per heavy atom. The van der Waals surface area contributed by atoms with Crippen LogP contribution < -0.4 is 0 Å². The summed E-state index contributed by atoms with van der Waals surface area (Å²) in [5.41, 5.74) is -0.460. The predicted octanol–water partition coefficient (Wildman–Crippen LogP) is 2.71. The Morgan fingerprint density at radius 2 is 2.17 bits per heavy atom. The van der Waals surface area contributed by atoms with Crippen LogP contribution in [0.5, 0.6) is 0 Å². The monoisotopic (exact) mass is 252 g/mol. The van der Waals surface area contributed by atoms with E-state index in [-0.39, 0.29) is 11.7 Å². The lowest BCUT2D eigenvalue weighted by atomic mass is 9.79. The normalized spacial score (nSPS) is 28.3. The SMILES string of the molecule is CCOC1(c2noc(C(C)=O)n2)CCC(C)CC1. The van der Waals surface area contributed by atoms with E-state index in [1.807, 2.05) is 6.92 Å². The van der Waals surface area contributed by atoms with E-state index in [1.54, 1.807) is 0 Å². The lowest BCUT2D eigenvalue weighted by molar-refractivity contribution is -0.0847. The summed E-state index contributed by atoms with van der Waals surface area (Å²) in [5.74, 6) is 1.10. The molecule has 5 nitrogen and oxygen atoms in total. The maximum atomic E-state index is 11.2. The standard InChI is InChI=1S/C13H20N2O3/c1-4-17-13(7-5-9(2)6-8-13)12-14-11(10(3)16)18-15-12/h9H,4-8H2,1-3H3. The molecule has 0 unspecified atom stereocenters. The van der Waals surface area contributed by atoms with Crippen molar-refractivity contribution in [1.29, 1.82) is 0 Å². The fraction of sp³-hybridized carbons (Fsp3) is 0.769. The molecule has 1 heterocycles. The van der Waals surface area contributed by atoms with Gasteiger partial charge in [-0.3, -0.25) is 4.79 Å². The van der Waals surface area contributed by atoms with Gasteiger partial charge in [-0.15, -0.1) is 0 Å². The van der Waals surface area contributed by atoms with E-state index in [0.29, 0.717) is 18.3 Å². The number of rotatable bonds is 4. The van der Waals surface area contributed by atoms with Gasteiger partial charge in [-0.1, -0.05) is 12.1 Å². The van der Waals surface area contributed by atoms with Crippen LogP contribution >= 0.6 is 0 Å². The second kappa shape index (κ2) is 5.18. The zero-order valence-corrected chi connectivity index (χ0v) is 11.2. The third-order valence-corrected chi connectivity index (χ3v) is 3.64. The van der Waals surface area contributed by atoms with E-state index in [4.69, 9.17) is 9.26 Å². The van der Waals surface area contributed by atoms with Gasteiger partial charge >= 0.3 is 0 Å². The van der Waals surface area contributed by atoms with Gasteiger partial charge in [0.15, 0.2) is 0 Å². The average Bonchev–Trinajstić information content (AvgIpc) is 2.83. The Labute approximate surface area is 107 Å². The molecule has 1 aromatic rings. The molecule has 1 fully saturated rings. The first kappa shape index (κ1) is 13.2. The number of carbonyl (C=O) groups excluding carboxylic acids is 1. The Bertz CT molecular complexity index is 420. The van der Waals surface area contributed by atoms with Crippen LogP contribution in [0.25, 0.3) is 0 Å². The summed E-state index contributed by atoms with van der Waals surface area (Å²) in [6.45, 7) is 6.24. The summed E-state index contributed by atoms with van der Waals surface area (Å²) >= 11 is 0. The fourth-order valence-electron chi connectivity index (χ4n) is 2.49. The van der Waals surface area contributed by atoms with Gasteiger partial charge in [-0.25, -0.2) is 0 Å². The number of hydrogen-bond donors (Lipinski definition) is 0. The van der Waals surface area contributed by atoms with Gasteiger partial charge in [-0.05, 0) is 38.5 Å². The molecule has 1 aliphatic carbocycles. The smallest absolute Gasteiger partial charge is 0.293 e. The molecule has 0 amide bonds. The van der Waals surface area contributed by atoms with E-state index in [2.05, 4.69) is 17.1 Å². The van der Waals surface area contributed by atoms with Crippen LogP contribution in [-0.4, -0.2) is 22.5 Å². The molecule has 0 bridgehead atoms. The van der Waals surface area contributed by atoms with Crippen molar-refractivity contribution in [3.63, 3.8) is 0 Å². The maximum absolute atomic E-state index is 11.2. The van der Waals surface area contributed by atoms with Crippen molar-refractivity contribution < 1.29 is 14.1 Å². The van der Waals surface area contributed by atoms with Crippen LogP contribution in [0.15, 0.2) is 4.52 Å². The maximum Gasteiger partial charge on any atom is 0.293 e. The van der Waals surface area contributed by atoms with Crippen LogP contribution in [0.4, 0.5) is 0 Å². The third kappa shape index (κ3) is 2.46. The summed E-state index contributed by atoms with van der Waals surface area (Å²) in [6, 6.07) is 0. The number of nitrogens with zero attached hydrogens (tertiary/aromatic N) is 2. The molecule has 2 rings (SSSR count). The third-order valence-electron chi connectivity index (χ3n) is 3.64. The number of ether oxygens (including phenoxy) is 1. The Kier molecular flexibility index (Phi) is 3.80. The lowest BCUT2D eigenvalue weighted by Gasteiger charge is -2.36. The van der Waals surface area contributed by atoms with Gasteiger partial charge < -0.3 is 9.26 Å². The van der Waals surface area contributed by atoms with E-state index < -0.39 is 5.60 Å². The molecule has 1 saturated carbocycles. The molecular weight excluding hydrogens is 232 g/mol. The molecule has 1 aliphatic rings. The van der Waals surface area contributed by atoms with E-state index in [0.717, 1.165) is 25.7 Å². The van der Waals surface area contributed by atoms with E-state index in [9.17, 15) is 4.79 Å². The second-order valence-corrected chi connectivity index (χ2v) is 5.09. The van der Waals surface area contributed by atoms with Crippen LogP contribution in [0.2, 0.25) is 0 Å². The van der Waals surface area contributed by atoms with Crippen molar-refractivity contribution in [2.45, 2.75) is 52.1 Å². The molecule has 0 spiro atoms. The highest BCUT2D eigenvalue weighted by Gasteiger charge is 2.41. The Morgan fingerprint density at radius 3 is 2.67 bits per heavy atom. The molecule has 100 valence electrons. The minimum absolute atomic E-state index is 0.0719. The summed E-state index contributed by atoms with van der Waals surface area (Å²) < 4.78 is 10.9. The van der Waals surface area contributed by atoms with E-state index in [1.165, 1.54) is 6.92 Å². The van der Waals surface area contributed by atoms with Crippen molar-refractivity contribution in [2.24, 2.45) is 5.92 Å². The molecule has 5 heteroatoms. The second-order valence-electron chi connectivity index (χ2n) is 5.09. The van der Waals surface area contributed by atoms with Crippen molar-refractivity contribution in [3.8, 4) is 0 Å². The van der Waals surface area contributed by atoms with Crippen LogP contribution in [-0.2, 0) is 10.3 Å². The fourth-order valence-corrected chi connectivity index (χ4v) is 2.49. The Balaban J connectivity index is 2.25. The van der Waals surface area contributed by atoms with E-state index >= 15 is 0 Å². The van der Waals surface area contributed by atoms with Crippen LogP contribution in [0.1, 0.15) is 63.0 Å². The zero-order chi connectivity index (χ0) is 13.2. The summed E-state index contributed by atoms with van der Waals surface area (Å²) in [7, 11) is 0. The molecule has 0 N–H and O–H groups in total. The van der Waals surface area contributed by atoms with Crippen molar-refractivity contribution >= 4 is 5.78 Å². The Hall–Kier alpha value is -1.23. The molecule has 18 heavy (non-hydrogen) atoms. The molecule has 0 aromatic carbocycles. The zero-order valence-electron chi connectivity index (χ0n) is 11.2. The molecule has 0 saturated heterocycles. The topological polar surface area (TPSA) is 65.2 Å². The summed E-state index contributed by atoms with van der Waals surface area (Å²) in [6.07, 6.45) is 3.95. The van der Waals surface area contributed by atoms with Crippen molar-refractivity contribution in [1.82, 2.24) is 10.1 Å². The molecule has 1 aromatic heterocycles. The highest BCUT2D eigenvalue weighted by atomic mass is 16.5. The minimum atomic E-state index is -0.460. The van der Waals surface area contributed by atoms with Crippen molar-refractivity contribution in [2.75, 3.05) is 6.61 Å². The van der Waals surface area contributed by atoms with Gasteiger partial charge in [0.1, 0.15) is 5.60 Å². The van der Waals surface area contributed by atoms with Gasteiger partial charge in [0.25, 0.3) is 5.89 Å². The van der Waals surface area contributed by atoms with Gasteiger partial charge in [-0.2, -0.15) is 4.98 Å². The van der Waals surface area contributed by atoms with Gasteiger partial charge in [0.2, 0.25) is 11.6 Å². The van der Waals surface area contributed by atoms with Crippen molar-refractivity contribution in [3.05, 3.63) is 11.7 Å². The molecule has 0 aliphatic heterocycles. The number of ketones is 1. The number of aromatic nitrogens is 2. The highest BCUT2D eigenvalue weighted by Crippen LogP contribution is 2.41. The highest BCUT2D eigenvalue weighted by molar-refractivity contribution is 5.89. The first-order valence-electron chi connectivity index (χ1n) is 6.56. The minimum Gasteiger partial charge on any atom is -0.367 e. The number of hydrogen-bond acceptors (Lipinski definition) is 5. The largest absolute Gasteiger partial charge is 0.367 e. The average molecular weight is 252 g/mol. The summed E-state index contributed by atoms with van der Waals surface area (Å²) in [4.78, 5) is 15.4. The quantitative estimate of drug-likeness (QED) is 0.771. The summed E-state index contributed by atoms with van der Waals surface area (Å²) in [5, 5.41) is 3.94. The first-order chi connectivity index (χ1) is 8.57. The number of carbonyl (C=O) groups is 1. The first-order valence-corrected chi connectivity index (χ1v) is 6.56. The molecular formula is C13H20N2O3. The van der Waals surface area contributed by atoms with Gasteiger partial charge in [0.05, 0.1) is 0 Å². The number of Topliss-reactive ketones (excluding diaryl/α,β-unsaturated/α-hetero) is 1. The molecule has 0 atom stereocenters. The molecule has 0 radical (unpaired) electrons. The van der Waals surface area contributed by atoms with Gasteiger partial charge in [0, 0.05) is 13.5 Å². The lowest BCUT2D eigenvalue weighted by Crippen LogP contribution is -2.35. The van der Waals surface area contributed by atoms with Crippen LogP contribution in [0.3, 0.4) is 0 Å². The predicted molar refractivity (Wildman–Crippen MR) is 65.2 cm³/mol. The van der Waals surface area contributed by atoms with Crippen LogP contribution in [0, 0.1) is 5.92 Å².